The molecule has 0 fully saturated rings. The molecule has 4 aromatic carbocycles. The fourth-order valence-corrected chi connectivity index (χ4v) is 7.94. The van der Waals surface area contributed by atoms with Gasteiger partial charge in [0.2, 0.25) is 0 Å². The van der Waals surface area contributed by atoms with Crippen LogP contribution >= 0.6 is 0 Å². The highest BCUT2D eigenvalue weighted by Gasteiger charge is 2.44. The molecule has 2 aliphatic rings. The number of allylic oxidation sites excluding steroid dienone is 7. The van der Waals surface area contributed by atoms with Gasteiger partial charge in [-0.15, -0.1) is 0 Å². The van der Waals surface area contributed by atoms with Crippen molar-refractivity contribution in [2.45, 2.75) is 38.6 Å². The standard InChI is InChI=1S/C43H38N4/c1-4-7-23-36(44)29-17-15-20-32(28-29)45-37-24-13-11-21-33(37)40-39(45)27-26-35-41(40)47(31-18-9-8-10-19-31)42-34-22-12-14-25-38(34)46(43(35)42)30(6-3)16-5-2/h4-11,13-21,23-28,34,38,44H,1,12,22H2,2-3H3/b16-5-,23-7-,30-6+,44-36?. The molecule has 47 heavy (non-hydrogen) atoms. The van der Waals surface area contributed by atoms with Gasteiger partial charge in [0.15, 0.2) is 0 Å². The van der Waals surface area contributed by atoms with Crippen molar-refractivity contribution in [2.24, 2.45) is 0 Å². The van der Waals surface area contributed by atoms with Crippen LogP contribution in [0.25, 0.3) is 44.1 Å². The molecule has 6 aromatic rings. The van der Waals surface area contributed by atoms with Crippen molar-refractivity contribution in [3.05, 3.63) is 163 Å². The Morgan fingerprint density at radius 1 is 0.830 bits per heavy atom. The number of rotatable bonds is 7. The van der Waals surface area contributed by atoms with Gasteiger partial charge < -0.3 is 19.4 Å². The van der Waals surface area contributed by atoms with Gasteiger partial charge in [0, 0.05) is 44.7 Å². The molecule has 1 N–H and O–H groups in total. The predicted molar refractivity (Wildman–Crippen MR) is 200 cm³/mol. The van der Waals surface area contributed by atoms with Crippen LogP contribution < -0.4 is 4.90 Å². The third-order valence-corrected chi connectivity index (χ3v) is 9.79. The first-order chi connectivity index (χ1) is 23.2. The Morgan fingerprint density at radius 2 is 1.64 bits per heavy atom. The second-order valence-corrected chi connectivity index (χ2v) is 12.4. The maximum Gasteiger partial charge on any atom is 0.0717 e. The highest BCUT2D eigenvalue weighted by molar-refractivity contribution is 6.23. The molecular formula is C43H38N4. The zero-order valence-corrected chi connectivity index (χ0v) is 26.9. The van der Waals surface area contributed by atoms with Crippen LogP contribution in [-0.2, 0) is 0 Å². The molecule has 2 aromatic heterocycles. The molecule has 0 radical (unpaired) electrons. The predicted octanol–water partition coefficient (Wildman–Crippen LogP) is 10.9. The lowest BCUT2D eigenvalue weighted by Crippen LogP contribution is -2.33. The molecule has 1 aliphatic carbocycles. The maximum atomic E-state index is 8.67. The monoisotopic (exact) mass is 610 g/mol. The average molecular weight is 611 g/mol. The summed E-state index contributed by atoms with van der Waals surface area (Å²) >= 11 is 0. The van der Waals surface area contributed by atoms with Gasteiger partial charge in [-0.2, -0.15) is 0 Å². The van der Waals surface area contributed by atoms with Gasteiger partial charge in [-0.25, -0.2) is 0 Å². The number of nitrogens with zero attached hydrogens (tertiary/aromatic N) is 3. The molecule has 0 amide bonds. The summed E-state index contributed by atoms with van der Waals surface area (Å²) in [6.45, 7) is 8.03. The van der Waals surface area contributed by atoms with Crippen LogP contribution in [0.2, 0.25) is 0 Å². The minimum absolute atomic E-state index is 0.278. The Balaban J connectivity index is 1.50. The number of aromatic nitrogens is 2. The van der Waals surface area contributed by atoms with Crippen molar-refractivity contribution in [2.75, 3.05) is 4.90 Å². The molecular weight excluding hydrogens is 573 g/mol. The quantitative estimate of drug-likeness (QED) is 0.109. The lowest BCUT2D eigenvalue weighted by atomic mass is 9.89. The molecule has 4 heteroatoms. The van der Waals surface area contributed by atoms with Crippen LogP contribution in [-0.4, -0.2) is 20.9 Å². The molecule has 0 saturated heterocycles. The number of para-hydroxylation sites is 2. The molecule has 8 rings (SSSR count). The van der Waals surface area contributed by atoms with Gasteiger partial charge in [-0.05, 0) is 81.3 Å². The summed E-state index contributed by atoms with van der Waals surface area (Å²) in [5, 5.41) is 12.4. The van der Waals surface area contributed by atoms with E-state index in [1.807, 2.05) is 12.1 Å². The van der Waals surface area contributed by atoms with E-state index in [0.717, 1.165) is 35.1 Å². The summed E-state index contributed by atoms with van der Waals surface area (Å²) in [7, 11) is 0. The van der Waals surface area contributed by atoms with E-state index in [1.165, 1.54) is 44.4 Å². The summed E-state index contributed by atoms with van der Waals surface area (Å²) in [5.74, 6) is 0.373. The lowest BCUT2D eigenvalue weighted by molar-refractivity contribution is 0.551. The van der Waals surface area contributed by atoms with E-state index < -0.39 is 0 Å². The number of nitrogens with one attached hydrogen (secondary N) is 1. The van der Waals surface area contributed by atoms with Crippen LogP contribution in [0, 0.1) is 5.41 Å². The molecule has 0 bridgehead atoms. The second kappa shape index (κ2) is 11.6. The first-order valence-corrected chi connectivity index (χ1v) is 16.6. The van der Waals surface area contributed by atoms with Gasteiger partial charge in [0.25, 0.3) is 0 Å². The highest BCUT2D eigenvalue weighted by Crippen LogP contribution is 2.55. The van der Waals surface area contributed by atoms with Gasteiger partial charge >= 0.3 is 0 Å². The largest absolute Gasteiger partial charge is 0.332 e. The molecule has 0 spiro atoms. The molecule has 2 atom stereocenters. The lowest BCUT2D eigenvalue weighted by Gasteiger charge is -2.32. The second-order valence-electron chi connectivity index (χ2n) is 12.4. The smallest absolute Gasteiger partial charge is 0.0717 e. The Bertz CT molecular complexity index is 2320. The first-order valence-electron chi connectivity index (χ1n) is 16.6. The third kappa shape index (κ3) is 4.39. The van der Waals surface area contributed by atoms with Crippen molar-refractivity contribution < 1.29 is 0 Å². The van der Waals surface area contributed by atoms with E-state index in [0.29, 0.717) is 11.6 Å². The van der Waals surface area contributed by atoms with Gasteiger partial charge in [-0.1, -0.05) is 91.6 Å². The van der Waals surface area contributed by atoms with Gasteiger partial charge in [-0.3, -0.25) is 0 Å². The van der Waals surface area contributed by atoms with Gasteiger partial charge in [0.05, 0.1) is 39.7 Å². The summed E-state index contributed by atoms with van der Waals surface area (Å²) < 4.78 is 4.95. The van der Waals surface area contributed by atoms with Crippen LogP contribution in [0.4, 0.5) is 5.69 Å². The van der Waals surface area contributed by atoms with Gasteiger partial charge in [0.1, 0.15) is 0 Å². The van der Waals surface area contributed by atoms with Crippen molar-refractivity contribution >= 4 is 44.1 Å². The van der Waals surface area contributed by atoms with E-state index in [4.69, 9.17) is 5.41 Å². The zero-order valence-electron chi connectivity index (χ0n) is 26.9. The van der Waals surface area contributed by atoms with Crippen molar-refractivity contribution in [1.82, 2.24) is 9.13 Å². The Hall–Kier alpha value is -5.61. The number of hydrogen-bond acceptors (Lipinski definition) is 2. The molecule has 2 unspecified atom stereocenters. The number of hydrogen-bond donors (Lipinski definition) is 1. The topological polar surface area (TPSA) is 37.0 Å². The summed E-state index contributed by atoms with van der Waals surface area (Å²) in [4.78, 5) is 2.59. The number of benzene rings is 4. The molecule has 1 aliphatic heterocycles. The van der Waals surface area contributed by atoms with E-state index in [2.05, 4.69) is 150 Å². The fraction of sp³-hybridized carbons (Fsp3) is 0.140. The van der Waals surface area contributed by atoms with Crippen LogP contribution in [0.5, 0.6) is 0 Å². The highest BCUT2D eigenvalue weighted by atomic mass is 15.2. The van der Waals surface area contributed by atoms with E-state index >= 15 is 0 Å². The summed E-state index contributed by atoms with van der Waals surface area (Å²) in [6, 6.07) is 32.9. The minimum atomic E-state index is 0.278. The number of anilines is 1. The van der Waals surface area contributed by atoms with Crippen molar-refractivity contribution in [1.29, 1.82) is 5.41 Å². The number of fused-ring (bicyclic) bond motifs is 9. The third-order valence-electron chi connectivity index (χ3n) is 9.79. The maximum absolute atomic E-state index is 8.67. The van der Waals surface area contributed by atoms with E-state index in [9.17, 15) is 0 Å². The molecule has 4 nitrogen and oxygen atoms in total. The van der Waals surface area contributed by atoms with E-state index in [-0.39, 0.29) is 6.04 Å². The minimum Gasteiger partial charge on any atom is -0.332 e. The average Bonchev–Trinajstić information content (AvgIpc) is 3.75. The van der Waals surface area contributed by atoms with E-state index in [1.54, 1.807) is 12.2 Å². The Labute approximate surface area is 276 Å². The Morgan fingerprint density at radius 3 is 2.45 bits per heavy atom. The summed E-state index contributed by atoms with van der Waals surface area (Å²) in [5.41, 5.74) is 11.1. The van der Waals surface area contributed by atoms with Crippen LogP contribution in [0.3, 0.4) is 0 Å². The molecule has 3 heterocycles. The molecule has 0 saturated carbocycles. The van der Waals surface area contributed by atoms with Crippen LogP contribution in [0.15, 0.2) is 152 Å². The summed E-state index contributed by atoms with van der Waals surface area (Å²) in [6.07, 6.45) is 19.0. The van der Waals surface area contributed by atoms with Crippen LogP contribution in [0.1, 0.15) is 43.9 Å². The van der Waals surface area contributed by atoms with Crippen molar-refractivity contribution in [3.63, 3.8) is 0 Å². The SMILES string of the molecule is C=C/C=C\C(=N)c1cccc(-n2c3ccccc3c3c4c(ccc32)c2c(n4-c3ccccc3)C3CCC=CC3N2C(/C=C\C)=C/C)c1. The normalized spacial score (nSPS) is 17.8. The van der Waals surface area contributed by atoms with Crippen molar-refractivity contribution in [3.8, 4) is 11.4 Å². The molecule has 230 valence electrons. The zero-order chi connectivity index (χ0) is 32.1. The first kappa shape index (κ1) is 28.8. The fourth-order valence-electron chi connectivity index (χ4n) is 7.94. The Kier molecular flexibility index (Phi) is 7.14.